The predicted octanol–water partition coefficient (Wildman–Crippen LogP) is 2.55. The number of benzene rings is 2. The third-order valence-electron chi connectivity index (χ3n) is 7.80. The third kappa shape index (κ3) is 7.99. The maximum Gasteiger partial charge on any atom is 0.417 e. The second-order valence-electron chi connectivity index (χ2n) is 12.1. The summed E-state index contributed by atoms with van der Waals surface area (Å²) in [4.78, 5) is 61.9. The summed E-state index contributed by atoms with van der Waals surface area (Å²) in [5.41, 5.74) is 17.6. The molecule has 2 heterocycles. The fourth-order valence-electron chi connectivity index (χ4n) is 5.66. The molecule has 1 aliphatic heterocycles. The number of aromatic nitrogens is 1. The zero-order chi connectivity index (χ0) is 33.5. The number of carbonyl (C=O) groups excluding carboxylic acids is 4. The van der Waals surface area contributed by atoms with Gasteiger partial charge in [0.25, 0.3) is 5.91 Å². The van der Waals surface area contributed by atoms with Gasteiger partial charge in [0.05, 0.1) is 18.6 Å². The van der Waals surface area contributed by atoms with Crippen LogP contribution in [0.25, 0.3) is 0 Å². The minimum atomic E-state index is -1.97. The first-order chi connectivity index (χ1) is 21.9. The van der Waals surface area contributed by atoms with Crippen LogP contribution in [0.3, 0.4) is 0 Å². The van der Waals surface area contributed by atoms with Crippen molar-refractivity contribution in [2.24, 2.45) is 16.9 Å². The van der Waals surface area contributed by atoms with Crippen LogP contribution >= 0.6 is 0 Å². The molecule has 1 aromatic heterocycles. The zero-order valence-electron chi connectivity index (χ0n) is 26.6. The van der Waals surface area contributed by atoms with Gasteiger partial charge in [-0.05, 0) is 69.3 Å². The molecule has 3 atom stereocenters. The number of ether oxygens (including phenoxy) is 1. The number of anilines is 1. The summed E-state index contributed by atoms with van der Waals surface area (Å²) in [5.74, 6) is -1.89. The van der Waals surface area contributed by atoms with Gasteiger partial charge < -0.3 is 27.3 Å². The van der Waals surface area contributed by atoms with Crippen molar-refractivity contribution in [2.45, 2.75) is 70.3 Å². The van der Waals surface area contributed by atoms with Gasteiger partial charge in [-0.3, -0.25) is 14.4 Å². The number of pyridine rings is 1. The lowest BCUT2D eigenvalue weighted by Crippen LogP contribution is -2.63. The molecule has 2 aromatic carbocycles. The van der Waals surface area contributed by atoms with Gasteiger partial charge in [0.1, 0.15) is 22.9 Å². The number of hydrogen-bond donors (Lipinski definition) is 4. The highest BCUT2D eigenvalue weighted by Gasteiger charge is 2.60. The predicted molar refractivity (Wildman–Crippen MR) is 171 cm³/mol. The Morgan fingerprint density at radius 2 is 1.51 bits per heavy atom. The molecule has 3 aromatic rings. The summed E-state index contributed by atoms with van der Waals surface area (Å²) in [6.07, 6.45) is 0.587. The summed E-state index contributed by atoms with van der Waals surface area (Å²) in [5, 5.41) is 3.03. The first-order valence-corrected chi connectivity index (χ1v) is 14.8. The van der Waals surface area contributed by atoms with E-state index < -0.39 is 52.7 Å². The number of amides is 2. The minimum Gasteiger partial charge on any atom is -0.443 e. The maximum absolute atomic E-state index is 14.5. The van der Waals surface area contributed by atoms with Gasteiger partial charge in [-0.2, -0.15) is 0 Å². The van der Waals surface area contributed by atoms with Crippen molar-refractivity contribution in [3.8, 4) is 0 Å². The average Bonchev–Trinajstić information content (AvgIpc) is 3.50. The van der Waals surface area contributed by atoms with Gasteiger partial charge in [0.15, 0.2) is 11.6 Å². The number of carbonyl (C=O) groups is 4. The SMILES string of the molecule is [2H]CC(C)(C)OC(=O)N(Cc1ccc(N)nc1)C(=O)[C@H]1NCCC1(C(=O)[C@@H](N)Cc1ccccc1)C(=O)[C@@H](N)Cc1ccccc1. The molecule has 0 spiro atoms. The van der Waals surface area contributed by atoms with Crippen LogP contribution in [0.15, 0.2) is 79.0 Å². The Balaban J connectivity index is 1.75. The van der Waals surface area contributed by atoms with Crippen LogP contribution in [-0.2, 0) is 38.5 Å². The van der Waals surface area contributed by atoms with Gasteiger partial charge in [-0.15, -0.1) is 0 Å². The van der Waals surface area contributed by atoms with Crippen LogP contribution in [0.5, 0.6) is 0 Å². The summed E-state index contributed by atoms with van der Waals surface area (Å²) < 4.78 is 13.3. The standard InChI is InChI=1S/C34H42N6O5/c1-33(2,3)45-32(44)40(21-24-14-15-27(37)39-20-24)31(43)28-34(16-17-38-28,29(41)25(35)18-22-10-6-4-7-11-22)30(42)26(36)19-23-12-8-5-9-13-23/h4-15,20,25-26,28,38H,16-19,21,35-36H2,1-3H3,(H2,37,39)/t25-,26-,28+/m0/s1/i1D. The van der Waals surface area contributed by atoms with Crippen molar-refractivity contribution in [1.29, 1.82) is 0 Å². The topological polar surface area (TPSA) is 184 Å². The minimum absolute atomic E-state index is 0.0451. The average molecular weight is 616 g/mol. The first-order valence-electron chi connectivity index (χ1n) is 15.5. The number of Topliss-reactive ketones (excluding diaryl/α,β-unsaturated/α-hetero) is 2. The van der Waals surface area contributed by atoms with E-state index >= 15 is 0 Å². The van der Waals surface area contributed by atoms with Crippen molar-refractivity contribution >= 4 is 29.4 Å². The molecule has 0 bridgehead atoms. The molecule has 45 heavy (non-hydrogen) atoms. The molecule has 11 heteroatoms. The molecule has 1 fully saturated rings. The Labute approximate surface area is 264 Å². The molecule has 1 saturated heterocycles. The summed E-state index contributed by atoms with van der Waals surface area (Å²) >= 11 is 0. The molecular formula is C34H42N6O5. The molecule has 11 nitrogen and oxygen atoms in total. The highest BCUT2D eigenvalue weighted by atomic mass is 16.6. The number of nitrogens with zero attached hydrogens (tertiary/aromatic N) is 2. The summed E-state index contributed by atoms with van der Waals surface area (Å²) in [6, 6.07) is 17.6. The van der Waals surface area contributed by atoms with Crippen molar-refractivity contribution < 1.29 is 25.3 Å². The van der Waals surface area contributed by atoms with E-state index in [1.54, 1.807) is 19.9 Å². The van der Waals surface area contributed by atoms with E-state index in [0.717, 1.165) is 16.0 Å². The molecule has 0 unspecified atom stereocenters. The Bertz CT molecular complexity index is 1460. The molecule has 1 aliphatic rings. The van der Waals surface area contributed by atoms with E-state index in [4.69, 9.17) is 23.3 Å². The third-order valence-corrected chi connectivity index (χ3v) is 7.80. The summed E-state index contributed by atoms with van der Waals surface area (Å²) in [7, 11) is 0. The molecule has 4 rings (SSSR count). The van der Waals surface area contributed by atoms with Gasteiger partial charge in [0.2, 0.25) is 0 Å². The Morgan fingerprint density at radius 1 is 0.956 bits per heavy atom. The van der Waals surface area contributed by atoms with E-state index in [-0.39, 0.29) is 45.1 Å². The second kappa shape index (κ2) is 14.1. The number of imide groups is 1. The smallest absolute Gasteiger partial charge is 0.417 e. The Morgan fingerprint density at radius 3 is 2.00 bits per heavy atom. The van der Waals surface area contributed by atoms with Crippen LogP contribution in [0, 0.1) is 5.41 Å². The van der Waals surface area contributed by atoms with Crippen molar-refractivity contribution in [1.82, 2.24) is 15.2 Å². The molecule has 2 amide bonds. The van der Waals surface area contributed by atoms with Crippen molar-refractivity contribution in [2.75, 3.05) is 12.3 Å². The van der Waals surface area contributed by atoms with Crippen LogP contribution in [0.4, 0.5) is 10.6 Å². The number of nitrogens with one attached hydrogen (secondary N) is 1. The molecule has 238 valence electrons. The van der Waals surface area contributed by atoms with E-state index in [0.29, 0.717) is 5.56 Å². The number of nitrogens with two attached hydrogens (primary N) is 3. The largest absolute Gasteiger partial charge is 0.443 e. The van der Waals surface area contributed by atoms with E-state index in [2.05, 4.69) is 10.3 Å². The van der Waals surface area contributed by atoms with Crippen molar-refractivity contribution in [3.63, 3.8) is 0 Å². The summed E-state index contributed by atoms with van der Waals surface area (Å²) in [6.45, 7) is 2.65. The Hall–Kier alpha value is -4.45. The number of ketones is 2. The van der Waals surface area contributed by atoms with Crippen LogP contribution in [0.2, 0.25) is 0 Å². The Kier molecular flexibility index (Phi) is 10.0. The fourth-order valence-corrected chi connectivity index (χ4v) is 5.66. The van der Waals surface area contributed by atoms with Gasteiger partial charge in [0, 0.05) is 7.57 Å². The van der Waals surface area contributed by atoms with Gasteiger partial charge in [-0.25, -0.2) is 14.7 Å². The zero-order valence-corrected chi connectivity index (χ0v) is 25.6. The van der Waals surface area contributed by atoms with E-state index in [1.807, 2.05) is 60.7 Å². The highest BCUT2D eigenvalue weighted by Crippen LogP contribution is 2.38. The molecule has 7 N–H and O–H groups in total. The van der Waals surface area contributed by atoms with Gasteiger partial charge in [-0.1, -0.05) is 66.7 Å². The van der Waals surface area contributed by atoms with Crippen LogP contribution in [0.1, 0.15) is 45.2 Å². The van der Waals surface area contributed by atoms with Crippen molar-refractivity contribution in [3.05, 3.63) is 95.7 Å². The molecular weight excluding hydrogens is 572 g/mol. The highest BCUT2D eigenvalue weighted by molar-refractivity contribution is 6.16. The molecule has 0 aliphatic carbocycles. The second-order valence-corrected chi connectivity index (χ2v) is 12.1. The molecule has 0 saturated carbocycles. The van der Waals surface area contributed by atoms with Crippen LogP contribution in [-0.4, -0.2) is 63.7 Å². The quantitative estimate of drug-likeness (QED) is 0.234. The van der Waals surface area contributed by atoms with E-state index in [1.165, 1.54) is 12.3 Å². The fraction of sp³-hybridized carbons (Fsp3) is 0.382. The normalized spacial score (nSPS) is 17.5. The molecule has 0 radical (unpaired) electrons. The number of nitrogen functional groups attached to an aromatic ring is 1. The monoisotopic (exact) mass is 615 g/mol. The lowest BCUT2D eigenvalue weighted by Gasteiger charge is -2.37. The maximum atomic E-state index is 14.5. The van der Waals surface area contributed by atoms with E-state index in [9.17, 15) is 19.2 Å². The van der Waals surface area contributed by atoms with Crippen LogP contribution < -0.4 is 22.5 Å². The number of hydrogen-bond acceptors (Lipinski definition) is 10. The first kappa shape index (κ1) is 32.0. The lowest BCUT2D eigenvalue weighted by molar-refractivity contribution is -0.150. The van der Waals surface area contributed by atoms with Gasteiger partial charge >= 0.3 is 6.09 Å². The lowest BCUT2D eigenvalue weighted by atomic mass is 9.67. The number of rotatable bonds is 11.